The Morgan fingerprint density at radius 1 is 0.966 bits per heavy atom. The van der Waals surface area contributed by atoms with E-state index in [0.29, 0.717) is 31.1 Å². The van der Waals surface area contributed by atoms with E-state index in [1.54, 1.807) is 6.21 Å². The smallest absolute Gasteiger partial charge is 0.250 e. The number of hydrogen-bond acceptors (Lipinski definition) is 8. The summed E-state index contributed by atoms with van der Waals surface area (Å²) in [5.41, 5.74) is 5.09. The number of nitrogens with one attached hydrogen (secondary N) is 2. The van der Waals surface area contributed by atoms with Gasteiger partial charge in [0.2, 0.25) is 17.8 Å². The van der Waals surface area contributed by atoms with Gasteiger partial charge in [-0.05, 0) is 18.9 Å². The second-order valence-corrected chi connectivity index (χ2v) is 7.21. The lowest BCUT2D eigenvalue weighted by Crippen LogP contribution is -2.38. The molecule has 2 aliphatic rings. The molecule has 0 amide bonds. The summed E-state index contributed by atoms with van der Waals surface area (Å²) >= 11 is 0. The highest BCUT2D eigenvalue weighted by molar-refractivity contribution is 5.99. The summed E-state index contributed by atoms with van der Waals surface area (Å²) in [5, 5.41) is 5.50. The number of fused-ring (bicyclic) bond motifs is 1. The zero-order valence-electron chi connectivity index (χ0n) is 16.2. The average molecular weight is 392 g/mol. The van der Waals surface area contributed by atoms with Gasteiger partial charge in [-0.1, -0.05) is 18.2 Å². The summed E-state index contributed by atoms with van der Waals surface area (Å²) in [4.78, 5) is 21.5. The molecule has 9 heteroatoms. The standard InChI is InChI=1S/C20H24N8O/c1-2-6-17-16(5-1)15(13-21-17)14-22-26-18-23-19(27-7-3-4-8-27)25-20(24-18)28-9-11-29-12-10-28/h1-2,5-6,13-14,21H,3-4,7-12H2,(H,23,24,25,26)/b22-14-. The molecule has 0 bridgehead atoms. The molecule has 2 aliphatic heterocycles. The molecule has 0 aliphatic carbocycles. The van der Waals surface area contributed by atoms with E-state index in [2.05, 4.69) is 41.3 Å². The van der Waals surface area contributed by atoms with Gasteiger partial charge in [0.05, 0.1) is 19.4 Å². The number of aromatic amines is 1. The van der Waals surface area contributed by atoms with Crippen molar-refractivity contribution in [3.8, 4) is 0 Å². The third kappa shape index (κ3) is 3.86. The number of ether oxygens (including phenoxy) is 1. The SMILES string of the molecule is C(=N/Nc1nc(N2CCCC2)nc(N2CCOCC2)n1)/c1c[nH]c2ccccc12. The quantitative estimate of drug-likeness (QED) is 0.508. The zero-order chi connectivity index (χ0) is 19.5. The molecule has 0 atom stereocenters. The van der Waals surface area contributed by atoms with Crippen LogP contribution in [0.25, 0.3) is 10.9 Å². The number of H-pyrrole nitrogens is 1. The summed E-state index contributed by atoms with van der Waals surface area (Å²) in [5.74, 6) is 1.85. The molecule has 0 saturated carbocycles. The van der Waals surface area contributed by atoms with Crippen molar-refractivity contribution in [3.05, 3.63) is 36.0 Å². The van der Waals surface area contributed by atoms with E-state index in [-0.39, 0.29) is 0 Å². The van der Waals surface area contributed by atoms with Crippen molar-refractivity contribution in [2.24, 2.45) is 5.10 Å². The Hall–Kier alpha value is -3.20. The number of rotatable bonds is 5. The number of hydrazone groups is 1. The zero-order valence-corrected chi connectivity index (χ0v) is 16.2. The lowest BCUT2D eigenvalue weighted by Gasteiger charge is -2.27. The number of morpholine rings is 1. The summed E-state index contributed by atoms with van der Waals surface area (Å²) in [6.45, 7) is 4.89. The average Bonchev–Trinajstić information content (AvgIpc) is 3.45. The van der Waals surface area contributed by atoms with Gasteiger partial charge < -0.3 is 19.5 Å². The van der Waals surface area contributed by atoms with Crippen LogP contribution in [0, 0.1) is 0 Å². The fourth-order valence-electron chi connectivity index (χ4n) is 3.73. The van der Waals surface area contributed by atoms with Gasteiger partial charge in [-0.3, -0.25) is 0 Å². The number of aromatic nitrogens is 4. The van der Waals surface area contributed by atoms with Crippen LogP contribution in [-0.4, -0.2) is 65.5 Å². The molecule has 0 unspecified atom stereocenters. The van der Waals surface area contributed by atoms with Crippen LogP contribution in [0.5, 0.6) is 0 Å². The molecule has 2 fully saturated rings. The monoisotopic (exact) mass is 392 g/mol. The molecular weight excluding hydrogens is 368 g/mol. The van der Waals surface area contributed by atoms with Crippen LogP contribution in [0.4, 0.5) is 17.8 Å². The number of anilines is 3. The number of para-hydroxylation sites is 1. The van der Waals surface area contributed by atoms with Crippen LogP contribution in [0.2, 0.25) is 0 Å². The largest absolute Gasteiger partial charge is 0.378 e. The minimum atomic E-state index is 0.458. The molecule has 1 aromatic carbocycles. The van der Waals surface area contributed by atoms with Gasteiger partial charge >= 0.3 is 0 Å². The van der Waals surface area contributed by atoms with E-state index < -0.39 is 0 Å². The fraction of sp³-hybridized carbons (Fsp3) is 0.400. The second kappa shape index (κ2) is 8.04. The Bertz CT molecular complexity index is 1000. The van der Waals surface area contributed by atoms with Gasteiger partial charge in [0.25, 0.3) is 0 Å². The van der Waals surface area contributed by atoms with Crippen LogP contribution in [0.15, 0.2) is 35.6 Å². The highest BCUT2D eigenvalue weighted by Gasteiger charge is 2.21. The highest BCUT2D eigenvalue weighted by Crippen LogP contribution is 2.21. The first-order valence-corrected chi connectivity index (χ1v) is 10.1. The predicted molar refractivity (Wildman–Crippen MR) is 114 cm³/mol. The van der Waals surface area contributed by atoms with Crippen molar-refractivity contribution in [1.82, 2.24) is 19.9 Å². The molecule has 3 aromatic rings. The lowest BCUT2D eigenvalue weighted by molar-refractivity contribution is 0.122. The summed E-state index contributed by atoms with van der Waals surface area (Å²) < 4.78 is 5.46. The van der Waals surface area contributed by atoms with Crippen molar-refractivity contribution in [3.63, 3.8) is 0 Å². The van der Waals surface area contributed by atoms with Crippen molar-refractivity contribution in [2.75, 3.05) is 54.6 Å². The van der Waals surface area contributed by atoms with E-state index in [1.807, 2.05) is 24.4 Å². The first kappa shape index (κ1) is 17.9. The van der Waals surface area contributed by atoms with Gasteiger partial charge in [0, 0.05) is 48.8 Å². The maximum atomic E-state index is 5.46. The van der Waals surface area contributed by atoms with E-state index in [4.69, 9.17) is 9.72 Å². The van der Waals surface area contributed by atoms with Crippen LogP contribution in [0.3, 0.4) is 0 Å². The van der Waals surface area contributed by atoms with Gasteiger partial charge in [0.15, 0.2) is 0 Å². The summed E-state index contributed by atoms with van der Waals surface area (Å²) in [7, 11) is 0. The minimum absolute atomic E-state index is 0.458. The van der Waals surface area contributed by atoms with Crippen LogP contribution >= 0.6 is 0 Å². The summed E-state index contributed by atoms with van der Waals surface area (Å²) in [6, 6.07) is 8.14. The third-order valence-corrected chi connectivity index (χ3v) is 5.28. The topological polar surface area (TPSA) is 94.6 Å². The Balaban J connectivity index is 1.39. The first-order chi connectivity index (χ1) is 14.4. The van der Waals surface area contributed by atoms with Crippen LogP contribution < -0.4 is 15.2 Å². The first-order valence-electron chi connectivity index (χ1n) is 10.1. The molecular formula is C20H24N8O. The molecule has 9 nitrogen and oxygen atoms in total. The number of nitrogens with zero attached hydrogens (tertiary/aromatic N) is 6. The van der Waals surface area contributed by atoms with Gasteiger partial charge in [0.1, 0.15) is 0 Å². The van der Waals surface area contributed by atoms with Crippen molar-refractivity contribution in [1.29, 1.82) is 0 Å². The molecule has 2 aromatic heterocycles. The Morgan fingerprint density at radius 3 is 2.48 bits per heavy atom. The second-order valence-electron chi connectivity index (χ2n) is 7.21. The third-order valence-electron chi connectivity index (χ3n) is 5.28. The van der Waals surface area contributed by atoms with Crippen LogP contribution in [0.1, 0.15) is 18.4 Å². The highest BCUT2D eigenvalue weighted by atomic mass is 16.5. The lowest BCUT2D eigenvalue weighted by atomic mass is 10.2. The molecule has 2 saturated heterocycles. The minimum Gasteiger partial charge on any atom is -0.378 e. The van der Waals surface area contributed by atoms with Crippen molar-refractivity contribution < 1.29 is 4.74 Å². The number of hydrogen-bond donors (Lipinski definition) is 2. The van der Waals surface area contributed by atoms with Crippen molar-refractivity contribution >= 4 is 35.0 Å². The molecule has 2 N–H and O–H groups in total. The molecule has 4 heterocycles. The van der Waals surface area contributed by atoms with E-state index in [0.717, 1.165) is 42.6 Å². The Morgan fingerprint density at radius 2 is 1.69 bits per heavy atom. The molecule has 0 radical (unpaired) electrons. The fourth-order valence-corrected chi connectivity index (χ4v) is 3.73. The summed E-state index contributed by atoms with van der Waals surface area (Å²) in [6.07, 6.45) is 6.06. The molecule has 150 valence electrons. The Labute approximate surface area is 168 Å². The number of benzene rings is 1. The predicted octanol–water partition coefficient (Wildman–Crippen LogP) is 2.24. The Kier molecular flexibility index (Phi) is 4.95. The molecule has 5 rings (SSSR count). The van der Waals surface area contributed by atoms with Crippen molar-refractivity contribution in [2.45, 2.75) is 12.8 Å². The van der Waals surface area contributed by atoms with E-state index >= 15 is 0 Å². The van der Waals surface area contributed by atoms with Gasteiger partial charge in [-0.2, -0.15) is 20.1 Å². The maximum absolute atomic E-state index is 5.46. The van der Waals surface area contributed by atoms with Crippen LogP contribution in [-0.2, 0) is 4.74 Å². The van der Waals surface area contributed by atoms with Gasteiger partial charge in [-0.25, -0.2) is 5.43 Å². The van der Waals surface area contributed by atoms with E-state index in [9.17, 15) is 0 Å². The van der Waals surface area contributed by atoms with E-state index in [1.165, 1.54) is 12.8 Å². The maximum Gasteiger partial charge on any atom is 0.250 e. The molecule has 0 spiro atoms. The van der Waals surface area contributed by atoms with Gasteiger partial charge in [-0.15, -0.1) is 0 Å². The molecule has 29 heavy (non-hydrogen) atoms. The normalized spacial score (nSPS) is 17.5.